The molecule has 0 rings (SSSR count). The zero-order valence-corrected chi connectivity index (χ0v) is 17.2. The van der Waals surface area contributed by atoms with E-state index in [1.165, 1.54) is 25.7 Å². The molecular weight excluding hydrogens is 342 g/mol. The Hall–Kier alpha value is -0.920. The highest BCUT2D eigenvalue weighted by molar-refractivity contribution is 7.85. The number of rotatable bonds is 13. The molecule has 0 aromatic carbocycles. The van der Waals surface area contributed by atoms with E-state index in [0.29, 0.717) is 18.6 Å². The lowest BCUT2D eigenvalue weighted by atomic mass is 10.2. The van der Waals surface area contributed by atoms with E-state index >= 15 is 0 Å². The highest BCUT2D eigenvalue weighted by Crippen LogP contribution is 2.01. The second kappa shape index (κ2) is 16.5. The van der Waals surface area contributed by atoms with Crippen LogP contribution in [-0.2, 0) is 19.6 Å². The molecule has 0 fully saturated rings. The van der Waals surface area contributed by atoms with Gasteiger partial charge in [0.15, 0.2) is 0 Å². The molecule has 6 nitrogen and oxygen atoms in total. The van der Waals surface area contributed by atoms with Crippen molar-refractivity contribution < 1.29 is 22.5 Å². The number of carbonyl (C=O) groups excluding carboxylic acids is 1. The Bertz CT molecular complexity index is 440. The van der Waals surface area contributed by atoms with Crippen molar-refractivity contribution in [2.24, 2.45) is 0 Å². The van der Waals surface area contributed by atoms with Crippen LogP contribution in [0.3, 0.4) is 0 Å². The topological polar surface area (TPSA) is 83.9 Å². The summed E-state index contributed by atoms with van der Waals surface area (Å²) in [4.78, 5) is 13.7. The summed E-state index contributed by atoms with van der Waals surface area (Å²) in [7, 11) is -3.67. The standard InChI is InChI=1S/C15H29NO2.C3H8O3S/c1-5-7-10-16(11-8-6-2)12-9-13-18-15(17)14(3)4;1-2-3-7(4,5)6/h3,5-13H2,1-2,4H3;2-3H2,1H3,(H,4,5,6). The molecule has 7 heteroatoms. The minimum absolute atomic E-state index is 0.132. The van der Waals surface area contributed by atoms with Gasteiger partial charge in [0.2, 0.25) is 0 Å². The van der Waals surface area contributed by atoms with Crippen LogP contribution in [0.5, 0.6) is 0 Å². The van der Waals surface area contributed by atoms with Crippen LogP contribution in [0.2, 0.25) is 0 Å². The molecule has 0 bridgehead atoms. The van der Waals surface area contributed by atoms with Gasteiger partial charge in [-0.05, 0) is 45.7 Å². The summed E-state index contributed by atoms with van der Waals surface area (Å²) in [6.45, 7) is 15.2. The SMILES string of the molecule is C=C(C)C(=O)OCCCN(CCCC)CCCC.CCCS(=O)(=O)O. The predicted molar refractivity (Wildman–Crippen MR) is 103 cm³/mol. The number of nitrogens with zero attached hydrogens (tertiary/aromatic N) is 1. The third-order valence-corrected chi connectivity index (χ3v) is 4.24. The largest absolute Gasteiger partial charge is 0.462 e. The van der Waals surface area contributed by atoms with E-state index in [0.717, 1.165) is 26.1 Å². The number of esters is 1. The molecule has 0 atom stereocenters. The molecule has 1 N–H and O–H groups in total. The van der Waals surface area contributed by atoms with E-state index < -0.39 is 10.1 Å². The van der Waals surface area contributed by atoms with E-state index in [1.807, 2.05) is 0 Å². The molecule has 0 saturated heterocycles. The highest BCUT2D eigenvalue weighted by atomic mass is 32.2. The smallest absolute Gasteiger partial charge is 0.333 e. The van der Waals surface area contributed by atoms with Gasteiger partial charge in [-0.1, -0.05) is 40.2 Å². The van der Waals surface area contributed by atoms with Gasteiger partial charge in [-0.15, -0.1) is 0 Å². The first-order valence-corrected chi connectivity index (χ1v) is 10.8. The van der Waals surface area contributed by atoms with Crippen LogP contribution in [0.15, 0.2) is 12.2 Å². The molecule has 0 aliphatic heterocycles. The van der Waals surface area contributed by atoms with Crippen molar-refractivity contribution in [1.82, 2.24) is 4.90 Å². The van der Waals surface area contributed by atoms with Crippen molar-refractivity contribution in [2.75, 3.05) is 32.0 Å². The van der Waals surface area contributed by atoms with E-state index in [-0.39, 0.29) is 11.7 Å². The summed E-state index contributed by atoms with van der Waals surface area (Å²) >= 11 is 0. The molecule has 0 aromatic rings. The Balaban J connectivity index is 0. The fourth-order valence-electron chi connectivity index (χ4n) is 1.93. The lowest BCUT2D eigenvalue weighted by Crippen LogP contribution is -2.28. The molecule has 0 aliphatic carbocycles. The Labute approximate surface area is 154 Å². The van der Waals surface area contributed by atoms with Gasteiger partial charge in [0, 0.05) is 12.1 Å². The lowest BCUT2D eigenvalue weighted by Gasteiger charge is -2.21. The van der Waals surface area contributed by atoms with Crippen molar-refractivity contribution in [3.8, 4) is 0 Å². The summed E-state index contributed by atoms with van der Waals surface area (Å²) in [6, 6.07) is 0. The monoisotopic (exact) mass is 379 g/mol. The minimum Gasteiger partial charge on any atom is -0.462 e. The van der Waals surface area contributed by atoms with Gasteiger partial charge in [-0.2, -0.15) is 8.42 Å². The van der Waals surface area contributed by atoms with Crippen LogP contribution in [0.25, 0.3) is 0 Å². The second-order valence-electron chi connectivity index (χ2n) is 6.10. The quantitative estimate of drug-likeness (QED) is 0.227. The maximum absolute atomic E-state index is 11.2. The molecule has 25 heavy (non-hydrogen) atoms. The number of hydrogen-bond donors (Lipinski definition) is 1. The third-order valence-electron chi connectivity index (χ3n) is 3.32. The fourth-order valence-corrected chi connectivity index (χ4v) is 2.45. The molecule has 0 spiro atoms. The first kappa shape index (κ1) is 26.3. The summed E-state index contributed by atoms with van der Waals surface area (Å²) < 4.78 is 32.7. The first-order valence-electron chi connectivity index (χ1n) is 9.18. The molecule has 0 aliphatic rings. The minimum atomic E-state index is -3.67. The Morgan fingerprint density at radius 1 is 1.00 bits per heavy atom. The zero-order valence-electron chi connectivity index (χ0n) is 16.4. The maximum Gasteiger partial charge on any atom is 0.333 e. The van der Waals surface area contributed by atoms with Gasteiger partial charge < -0.3 is 9.64 Å². The van der Waals surface area contributed by atoms with Gasteiger partial charge in [0.25, 0.3) is 10.1 Å². The highest BCUT2D eigenvalue weighted by Gasteiger charge is 2.06. The molecule has 150 valence electrons. The van der Waals surface area contributed by atoms with E-state index in [4.69, 9.17) is 9.29 Å². The average Bonchev–Trinajstić information content (AvgIpc) is 2.52. The average molecular weight is 380 g/mol. The van der Waals surface area contributed by atoms with Gasteiger partial charge in [-0.3, -0.25) is 4.55 Å². The Morgan fingerprint density at radius 3 is 1.80 bits per heavy atom. The first-order chi connectivity index (χ1) is 11.7. The van der Waals surface area contributed by atoms with Gasteiger partial charge in [0.05, 0.1) is 12.4 Å². The fraction of sp³-hybridized carbons (Fsp3) is 0.833. The summed E-state index contributed by atoms with van der Waals surface area (Å²) in [6.07, 6.45) is 6.33. The summed E-state index contributed by atoms with van der Waals surface area (Å²) in [5, 5.41) is 0. The lowest BCUT2D eigenvalue weighted by molar-refractivity contribution is -0.139. The molecule has 0 saturated carbocycles. The molecule has 0 unspecified atom stereocenters. The summed E-state index contributed by atoms with van der Waals surface area (Å²) in [5.41, 5.74) is 0.476. The number of hydrogen-bond acceptors (Lipinski definition) is 5. The van der Waals surface area contributed by atoms with Crippen molar-refractivity contribution in [2.45, 2.75) is 66.2 Å². The van der Waals surface area contributed by atoms with Gasteiger partial charge in [0.1, 0.15) is 0 Å². The Kier molecular flexibility index (Phi) is 17.4. The normalized spacial score (nSPS) is 11.0. The van der Waals surface area contributed by atoms with Crippen LogP contribution in [0.1, 0.15) is 66.2 Å². The van der Waals surface area contributed by atoms with Crippen LogP contribution < -0.4 is 0 Å². The van der Waals surface area contributed by atoms with Crippen LogP contribution in [-0.4, -0.2) is 55.8 Å². The Morgan fingerprint density at radius 2 is 1.48 bits per heavy atom. The van der Waals surface area contributed by atoms with Crippen molar-refractivity contribution in [3.05, 3.63) is 12.2 Å². The second-order valence-corrected chi connectivity index (χ2v) is 7.68. The molecule has 0 amide bonds. The summed E-state index contributed by atoms with van der Waals surface area (Å²) in [5.74, 6) is -0.406. The molecular formula is C18H37NO5S. The van der Waals surface area contributed by atoms with Crippen molar-refractivity contribution in [3.63, 3.8) is 0 Å². The number of unbranched alkanes of at least 4 members (excludes halogenated alkanes) is 2. The van der Waals surface area contributed by atoms with Gasteiger partial charge >= 0.3 is 5.97 Å². The maximum atomic E-state index is 11.2. The molecule has 0 heterocycles. The van der Waals surface area contributed by atoms with Crippen molar-refractivity contribution in [1.29, 1.82) is 0 Å². The van der Waals surface area contributed by atoms with E-state index in [2.05, 4.69) is 25.3 Å². The van der Waals surface area contributed by atoms with Crippen LogP contribution in [0, 0.1) is 0 Å². The van der Waals surface area contributed by atoms with E-state index in [1.54, 1.807) is 13.8 Å². The third kappa shape index (κ3) is 21.0. The van der Waals surface area contributed by atoms with Crippen LogP contribution in [0.4, 0.5) is 0 Å². The zero-order chi connectivity index (χ0) is 19.7. The number of ether oxygens (including phenoxy) is 1. The van der Waals surface area contributed by atoms with Crippen LogP contribution >= 0.6 is 0 Å². The number of carbonyl (C=O) groups is 1. The molecule has 0 radical (unpaired) electrons. The van der Waals surface area contributed by atoms with E-state index in [9.17, 15) is 13.2 Å². The van der Waals surface area contributed by atoms with Crippen molar-refractivity contribution >= 4 is 16.1 Å². The van der Waals surface area contributed by atoms with Gasteiger partial charge in [-0.25, -0.2) is 4.79 Å². The predicted octanol–water partition coefficient (Wildman–Crippen LogP) is 3.68. The molecule has 0 aromatic heterocycles.